The standard InChI is InChI=1S/C26H30ClF2N5O6/c1-13(36)33-5-3-14(4-6-33)20-9-16(31-40-20)10-21-26(38-2)24(25(37)22(12-35)39-21)34-11-19(30-32-34)15-7-17(28)23(27)18(29)8-15/h7-9,11,14,21-22,24-26,35,37H,3-6,10,12H2,1-2H3/t21-,22-,24+,25+,26+/m1/s1. The minimum Gasteiger partial charge on any atom is -0.394 e. The van der Waals surface area contributed by atoms with Gasteiger partial charge in [-0.25, -0.2) is 13.5 Å². The van der Waals surface area contributed by atoms with E-state index in [1.54, 1.807) is 6.92 Å². The molecular weight excluding hydrogens is 552 g/mol. The fourth-order valence-electron chi connectivity index (χ4n) is 5.49. The van der Waals surface area contributed by atoms with Gasteiger partial charge in [0.1, 0.15) is 52.5 Å². The Hall–Kier alpha value is -2.97. The number of amides is 1. The predicted molar refractivity (Wildman–Crippen MR) is 136 cm³/mol. The summed E-state index contributed by atoms with van der Waals surface area (Å²) in [5, 5.41) is 32.7. The molecule has 0 unspecified atom stereocenters. The molecule has 0 spiro atoms. The molecular formula is C26H30ClF2N5O6. The Bertz CT molecular complexity index is 1320. The number of carbonyl (C=O) groups excluding carboxylic acids is 1. The van der Waals surface area contributed by atoms with Crippen molar-refractivity contribution in [1.29, 1.82) is 0 Å². The van der Waals surface area contributed by atoms with Crippen LogP contribution in [0.2, 0.25) is 5.02 Å². The highest BCUT2D eigenvalue weighted by Crippen LogP contribution is 2.35. The van der Waals surface area contributed by atoms with Gasteiger partial charge in [0.15, 0.2) is 0 Å². The summed E-state index contributed by atoms with van der Waals surface area (Å²) in [6.07, 6.45) is -0.405. The molecule has 0 radical (unpaired) electrons. The smallest absolute Gasteiger partial charge is 0.219 e. The summed E-state index contributed by atoms with van der Waals surface area (Å²) < 4.78 is 46.8. The Kier molecular flexibility index (Phi) is 8.47. The van der Waals surface area contributed by atoms with E-state index in [1.807, 2.05) is 11.0 Å². The Morgan fingerprint density at radius 1 is 1.20 bits per heavy atom. The summed E-state index contributed by atoms with van der Waals surface area (Å²) in [5.74, 6) is -0.966. The first-order valence-electron chi connectivity index (χ1n) is 12.9. The number of ether oxygens (including phenoxy) is 2. The largest absolute Gasteiger partial charge is 0.394 e. The van der Waals surface area contributed by atoms with Crippen LogP contribution in [0, 0.1) is 11.6 Å². The lowest BCUT2D eigenvalue weighted by molar-refractivity contribution is -0.212. The molecule has 5 atom stereocenters. The van der Waals surface area contributed by atoms with Crippen molar-refractivity contribution in [1.82, 2.24) is 25.1 Å². The number of piperidine rings is 1. The SMILES string of the molecule is CO[C@@H]1[C@@H](n2cc(-c3cc(F)c(Cl)c(F)c3)nn2)[C@@H](O)[C@@H](CO)O[C@@H]1Cc1cc(C2CCN(C(C)=O)CC2)on1. The molecule has 216 valence electrons. The van der Waals surface area contributed by atoms with Gasteiger partial charge in [-0.3, -0.25) is 4.79 Å². The van der Waals surface area contributed by atoms with E-state index in [9.17, 15) is 23.8 Å². The molecule has 5 rings (SSSR count). The van der Waals surface area contributed by atoms with Gasteiger partial charge in [0.2, 0.25) is 5.91 Å². The first kappa shape index (κ1) is 28.6. The van der Waals surface area contributed by atoms with E-state index in [0.717, 1.165) is 30.7 Å². The zero-order valence-corrected chi connectivity index (χ0v) is 22.7. The van der Waals surface area contributed by atoms with Crippen LogP contribution >= 0.6 is 11.6 Å². The number of aliphatic hydroxyl groups excluding tert-OH is 2. The van der Waals surface area contributed by atoms with Crippen molar-refractivity contribution < 1.29 is 37.8 Å². The average molecular weight is 582 g/mol. The third kappa shape index (κ3) is 5.61. The summed E-state index contributed by atoms with van der Waals surface area (Å²) >= 11 is 5.59. The van der Waals surface area contributed by atoms with E-state index >= 15 is 0 Å². The molecule has 11 nitrogen and oxygen atoms in total. The second kappa shape index (κ2) is 11.9. The molecule has 14 heteroatoms. The van der Waals surface area contributed by atoms with Crippen LogP contribution < -0.4 is 0 Å². The van der Waals surface area contributed by atoms with E-state index in [2.05, 4.69) is 15.5 Å². The van der Waals surface area contributed by atoms with Gasteiger partial charge >= 0.3 is 0 Å². The number of benzene rings is 1. The van der Waals surface area contributed by atoms with Gasteiger partial charge in [0.25, 0.3) is 0 Å². The van der Waals surface area contributed by atoms with Crippen LogP contribution in [0.15, 0.2) is 28.9 Å². The number of hydrogen-bond donors (Lipinski definition) is 2. The highest BCUT2D eigenvalue weighted by atomic mass is 35.5. The minimum atomic E-state index is -1.24. The number of nitrogens with zero attached hydrogens (tertiary/aromatic N) is 5. The van der Waals surface area contributed by atoms with Gasteiger partial charge in [-0.05, 0) is 25.0 Å². The van der Waals surface area contributed by atoms with E-state index in [0.29, 0.717) is 18.8 Å². The van der Waals surface area contributed by atoms with Crippen molar-refractivity contribution in [3.63, 3.8) is 0 Å². The van der Waals surface area contributed by atoms with Gasteiger partial charge < -0.3 is 29.1 Å². The van der Waals surface area contributed by atoms with E-state index in [-0.39, 0.29) is 29.5 Å². The molecule has 3 aromatic rings. The van der Waals surface area contributed by atoms with Gasteiger partial charge in [0, 0.05) is 51.1 Å². The number of hydrogen-bond acceptors (Lipinski definition) is 9. The minimum absolute atomic E-state index is 0.0546. The maximum absolute atomic E-state index is 14.0. The molecule has 2 saturated heterocycles. The Balaban J connectivity index is 1.35. The molecule has 0 saturated carbocycles. The monoisotopic (exact) mass is 581 g/mol. The summed E-state index contributed by atoms with van der Waals surface area (Å²) in [6.45, 7) is 2.39. The van der Waals surface area contributed by atoms with E-state index in [1.165, 1.54) is 18.0 Å². The zero-order valence-electron chi connectivity index (χ0n) is 21.9. The second-order valence-electron chi connectivity index (χ2n) is 10.1. The van der Waals surface area contributed by atoms with Crippen molar-refractivity contribution in [2.24, 2.45) is 0 Å². The van der Waals surface area contributed by atoms with Crippen LogP contribution in [0.5, 0.6) is 0 Å². The van der Waals surface area contributed by atoms with Crippen LogP contribution in [0.25, 0.3) is 11.3 Å². The maximum Gasteiger partial charge on any atom is 0.219 e. The highest BCUT2D eigenvalue weighted by molar-refractivity contribution is 6.31. The molecule has 1 aromatic carbocycles. The number of methoxy groups -OCH3 is 1. The molecule has 0 bridgehead atoms. The van der Waals surface area contributed by atoms with Crippen molar-refractivity contribution in [3.05, 3.63) is 52.5 Å². The molecule has 2 N–H and O–H groups in total. The van der Waals surface area contributed by atoms with Crippen LogP contribution in [0.3, 0.4) is 0 Å². The molecule has 4 heterocycles. The van der Waals surface area contributed by atoms with Crippen molar-refractivity contribution >= 4 is 17.5 Å². The molecule has 0 aliphatic carbocycles. The maximum atomic E-state index is 14.0. The lowest BCUT2D eigenvalue weighted by atomic mass is 9.89. The molecule has 1 amide bonds. The van der Waals surface area contributed by atoms with Crippen LogP contribution in [-0.4, -0.2) is 92.4 Å². The fourth-order valence-corrected chi connectivity index (χ4v) is 5.60. The quantitative estimate of drug-likeness (QED) is 0.403. The summed E-state index contributed by atoms with van der Waals surface area (Å²) in [6, 6.07) is 3.08. The zero-order chi connectivity index (χ0) is 28.6. The third-order valence-corrected chi connectivity index (χ3v) is 8.02. The Morgan fingerprint density at radius 3 is 2.52 bits per heavy atom. The van der Waals surface area contributed by atoms with Crippen LogP contribution in [-0.2, 0) is 20.7 Å². The average Bonchev–Trinajstić information content (AvgIpc) is 3.62. The number of rotatable bonds is 7. The van der Waals surface area contributed by atoms with Gasteiger partial charge in [-0.2, -0.15) is 0 Å². The third-order valence-electron chi connectivity index (χ3n) is 7.66. The highest BCUT2D eigenvalue weighted by Gasteiger charge is 2.47. The second-order valence-corrected chi connectivity index (χ2v) is 10.5. The van der Waals surface area contributed by atoms with Gasteiger partial charge in [0.05, 0.1) is 24.6 Å². The number of aliphatic hydroxyl groups is 2. The molecule has 2 aliphatic rings. The molecule has 2 aliphatic heterocycles. The predicted octanol–water partition coefficient (Wildman–Crippen LogP) is 2.51. The van der Waals surface area contributed by atoms with Crippen molar-refractivity contribution in [2.45, 2.75) is 62.6 Å². The lowest BCUT2D eigenvalue weighted by Crippen LogP contribution is -2.57. The fraction of sp³-hybridized carbons (Fsp3) is 0.538. The van der Waals surface area contributed by atoms with Crippen molar-refractivity contribution in [2.75, 3.05) is 26.8 Å². The summed E-state index contributed by atoms with van der Waals surface area (Å²) in [5.41, 5.74) is 0.868. The van der Waals surface area contributed by atoms with Crippen LogP contribution in [0.1, 0.15) is 43.2 Å². The van der Waals surface area contributed by atoms with E-state index in [4.69, 9.17) is 25.6 Å². The van der Waals surface area contributed by atoms with E-state index < -0.39 is 53.7 Å². The number of aromatic nitrogens is 4. The number of likely N-dealkylation sites (tertiary alicyclic amines) is 1. The van der Waals surface area contributed by atoms with Gasteiger partial charge in [-0.15, -0.1) is 5.10 Å². The number of carbonyl (C=O) groups is 1. The Labute approximate surface area is 233 Å². The molecule has 2 aromatic heterocycles. The lowest BCUT2D eigenvalue weighted by Gasteiger charge is -2.43. The topological polar surface area (TPSA) is 136 Å². The van der Waals surface area contributed by atoms with Crippen molar-refractivity contribution in [3.8, 4) is 11.3 Å². The Morgan fingerprint density at radius 2 is 1.90 bits per heavy atom. The summed E-state index contributed by atoms with van der Waals surface area (Å²) in [4.78, 5) is 13.4. The normalized spacial score (nSPS) is 25.9. The molecule has 2 fully saturated rings. The first-order valence-corrected chi connectivity index (χ1v) is 13.3. The van der Waals surface area contributed by atoms with Gasteiger partial charge in [-0.1, -0.05) is 22.0 Å². The molecule has 40 heavy (non-hydrogen) atoms. The number of halogens is 3. The summed E-state index contributed by atoms with van der Waals surface area (Å²) in [7, 11) is 1.46. The van der Waals surface area contributed by atoms with Crippen LogP contribution in [0.4, 0.5) is 8.78 Å². The first-order chi connectivity index (χ1) is 19.2.